The molecule has 1 saturated heterocycles. The summed E-state index contributed by atoms with van der Waals surface area (Å²) in [6.07, 6.45) is -2.12. The molecular weight excluding hydrogens is 409 g/mol. The number of carbonyl (C=O) groups excluding carboxylic acids is 3. The molecule has 1 saturated carbocycles. The summed E-state index contributed by atoms with van der Waals surface area (Å²) in [5.74, 6) is -0.767. The molecule has 0 bridgehead atoms. The van der Waals surface area contributed by atoms with Crippen LogP contribution in [0.5, 0.6) is 0 Å². The molecule has 11 heteroatoms. The van der Waals surface area contributed by atoms with E-state index < -0.39 is 23.1 Å². The standard InChI is InChI=1S/C18H21F3N4O3S/c19-18(20,21)10-1-3-11(4-2-10)23-16(28)9-29-17-24-13(8-15(27)25-17)7-14(26)22-12-5-6-12/h1-4,12-13,17,24H,5-9H2,(H,22,26)(H,23,28)(H,25,27). The Kier molecular flexibility index (Phi) is 6.68. The SMILES string of the molecule is O=C(CSC1NC(=O)CC(CC(=O)NC2CC2)N1)Nc1ccc(C(F)(F)F)cc1. The van der Waals surface area contributed by atoms with Crippen LogP contribution < -0.4 is 21.3 Å². The first kappa shape index (κ1) is 21.4. The quantitative estimate of drug-likeness (QED) is 0.529. The smallest absolute Gasteiger partial charge is 0.353 e. The Balaban J connectivity index is 1.43. The zero-order chi connectivity index (χ0) is 21.0. The Morgan fingerprint density at radius 3 is 2.45 bits per heavy atom. The van der Waals surface area contributed by atoms with Gasteiger partial charge in [0.05, 0.1) is 11.3 Å². The van der Waals surface area contributed by atoms with Crippen molar-refractivity contribution in [2.75, 3.05) is 11.1 Å². The van der Waals surface area contributed by atoms with E-state index in [1.807, 2.05) is 0 Å². The van der Waals surface area contributed by atoms with Gasteiger partial charge in [0.1, 0.15) is 5.50 Å². The molecule has 2 unspecified atom stereocenters. The van der Waals surface area contributed by atoms with E-state index in [0.717, 1.165) is 36.7 Å². The van der Waals surface area contributed by atoms with Crippen molar-refractivity contribution in [3.05, 3.63) is 29.8 Å². The topological polar surface area (TPSA) is 99.3 Å². The number of benzene rings is 1. The Morgan fingerprint density at radius 2 is 1.83 bits per heavy atom. The molecule has 1 aromatic carbocycles. The van der Waals surface area contributed by atoms with Gasteiger partial charge in [0.15, 0.2) is 0 Å². The van der Waals surface area contributed by atoms with Gasteiger partial charge in [-0.05, 0) is 37.1 Å². The minimum absolute atomic E-state index is 0.0278. The van der Waals surface area contributed by atoms with Crippen molar-refractivity contribution in [1.29, 1.82) is 0 Å². The van der Waals surface area contributed by atoms with Crippen LogP contribution in [0.1, 0.15) is 31.2 Å². The zero-order valence-electron chi connectivity index (χ0n) is 15.3. The third kappa shape index (κ3) is 6.93. The van der Waals surface area contributed by atoms with Gasteiger partial charge in [-0.15, -0.1) is 11.8 Å². The second-order valence-corrected chi connectivity index (χ2v) is 8.09. The molecule has 1 aliphatic carbocycles. The highest BCUT2D eigenvalue weighted by atomic mass is 32.2. The number of hydrogen-bond acceptors (Lipinski definition) is 5. The molecule has 29 heavy (non-hydrogen) atoms. The molecule has 1 aromatic rings. The molecule has 7 nitrogen and oxygen atoms in total. The molecule has 158 valence electrons. The minimum atomic E-state index is -4.44. The lowest BCUT2D eigenvalue weighted by atomic mass is 10.1. The van der Waals surface area contributed by atoms with E-state index in [2.05, 4.69) is 21.3 Å². The Morgan fingerprint density at radius 1 is 1.14 bits per heavy atom. The van der Waals surface area contributed by atoms with E-state index in [1.54, 1.807) is 0 Å². The molecular formula is C18H21F3N4O3S. The molecule has 1 aliphatic heterocycles. The third-order valence-corrected chi connectivity index (χ3v) is 5.38. The fraction of sp³-hybridized carbons (Fsp3) is 0.500. The molecule has 3 amide bonds. The summed E-state index contributed by atoms with van der Waals surface area (Å²) in [6, 6.07) is 4.07. The zero-order valence-corrected chi connectivity index (χ0v) is 16.2. The second-order valence-electron chi connectivity index (χ2n) is 7.00. The summed E-state index contributed by atoms with van der Waals surface area (Å²) in [6.45, 7) is 0. The largest absolute Gasteiger partial charge is 0.416 e. The molecule has 4 N–H and O–H groups in total. The fourth-order valence-electron chi connectivity index (χ4n) is 2.80. The molecule has 1 heterocycles. The van der Waals surface area contributed by atoms with Crippen LogP contribution in [-0.2, 0) is 20.6 Å². The number of rotatable bonds is 7. The van der Waals surface area contributed by atoms with Crippen LogP contribution in [0.25, 0.3) is 0 Å². The van der Waals surface area contributed by atoms with Crippen LogP contribution in [0, 0.1) is 0 Å². The van der Waals surface area contributed by atoms with Gasteiger partial charge in [0.25, 0.3) is 0 Å². The molecule has 2 aliphatic rings. The van der Waals surface area contributed by atoms with Gasteiger partial charge in [-0.25, -0.2) is 0 Å². The number of carbonyl (C=O) groups is 3. The van der Waals surface area contributed by atoms with Crippen molar-refractivity contribution < 1.29 is 27.6 Å². The summed E-state index contributed by atoms with van der Waals surface area (Å²) in [4.78, 5) is 35.8. The minimum Gasteiger partial charge on any atom is -0.353 e. The number of amides is 3. The predicted molar refractivity (Wildman–Crippen MR) is 102 cm³/mol. The first-order chi connectivity index (χ1) is 13.7. The van der Waals surface area contributed by atoms with Gasteiger partial charge >= 0.3 is 6.18 Å². The fourth-order valence-corrected chi connectivity index (χ4v) is 3.69. The van der Waals surface area contributed by atoms with Gasteiger partial charge in [-0.1, -0.05) is 0 Å². The van der Waals surface area contributed by atoms with Crippen LogP contribution in [0.2, 0.25) is 0 Å². The monoisotopic (exact) mass is 430 g/mol. The molecule has 0 radical (unpaired) electrons. The first-order valence-electron chi connectivity index (χ1n) is 9.12. The number of hydrogen-bond donors (Lipinski definition) is 4. The summed E-state index contributed by atoms with van der Waals surface area (Å²) >= 11 is 1.13. The van der Waals surface area contributed by atoms with E-state index in [-0.39, 0.29) is 48.2 Å². The van der Waals surface area contributed by atoms with Crippen molar-refractivity contribution in [2.45, 2.75) is 49.4 Å². The lowest BCUT2D eigenvalue weighted by molar-refractivity contribution is -0.137. The number of nitrogens with one attached hydrogen (secondary N) is 4. The lowest BCUT2D eigenvalue weighted by Gasteiger charge is -2.30. The summed E-state index contributed by atoms with van der Waals surface area (Å²) in [7, 11) is 0. The highest BCUT2D eigenvalue weighted by Gasteiger charge is 2.31. The van der Waals surface area contributed by atoms with E-state index >= 15 is 0 Å². The van der Waals surface area contributed by atoms with Gasteiger partial charge in [-0.2, -0.15) is 13.2 Å². The van der Waals surface area contributed by atoms with Crippen LogP contribution in [0.15, 0.2) is 24.3 Å². The second kappa shape index (κ2) is 9.04. The van der Waals surface area contributed by atoms with Gasteiger partial charge in [0.2, 0.25) is 17.7 Å². The third-order valence-electron chi connectivity index (χ3n) is 4.36. The molecule has 0 aromatic heterocycles. The van der Waals surface area contributed by atoms with E-state index in [4.69, 9.17) is 0 Å². The molecule has 3 rings (SSSR count). The van der Waals surface area contributed by atoms with Crippen molar-refractivity contribution in [2.24, 2.45) is 0 Å². The maximum Gasteiger partial charge on any atom is 0.416 e. The highest BCUT2D eigenvalue weighted by molar-refractivity contribution is 8.00. The molecule has 2 atom stereocenters. The van der Waals surface area contributed by atoms with Crippen molar-refractivity contribution in [1.82, 2.24) is 16.0 Å². The van der Waals surface area contributed by atoms with Gasteiger partial charge in [-0.3, -0.25) is 19.7 Å². The van der Waals surface area contributed by atoms with Crippen molar-refractivity contribution in [3.63, 3.8) is 0 Å². The first-order valence-corrected chi connectivity index (χ1v) is 10.2. The van der Waals surface area contributed by atoms with Gasteiger partial charge in [0, 0.05) is 30.6 Å². The normalized spacial score (nSPS) is 22.0. The predicted octanol–water partition coefficient (Wildman–Crippen LogP) is 1.81. The summed E-state index contributed by atoms with van der Waals surface area (Å²) in [5.41, 5.74) is -1.08. The van der Waals surface area contributed by atoms with Crippen molar-refractivity contribution in [3.8, 4) is 0 Å². The van der Waals surface area contributed by atoms with Crippen LogP contribution in [-0.4, -0.2) is 41.1 Å². The molecule has 2 fully saturated rings. The van der Waals surface area contributed by atoms with Crippen molar-refractivity contribution >= 4 is 35.2 Å². The number of alkyl halides is 3. The van der Waals surface area contributed by atoms with Crippen LogP contribution >= 0.6 is 11.8 Å². The maximum atomic E-state index is 12.6. The van der Waals surface area contributed by atoms with Crippen LogP contribution in [0.3, 0.4) is 0 Å². The number of anilines is 1. The molecule has 0 spiro atoms. The summed E-state index contributed by atoms with van der Waals surface area (Å²) in [5, 5.41) is 11.2. The lowest BCUT2D eigenvalue weighted by Crippen LogP contribution is -2.56. The van der Waals surface area contributed by atoms with E-state index in [0.29, 0.717) is 0 Å². The number of thioether (sulfide) groups is 1. The van der Waals surface area contributed by atoms with E-state index in [9.17, 15) is 27.6 Å². The average Bonchev–Trinajstić information content (AvgIpc) is 3.43. The Labute approximate surface area is 169 Å². The number of halogens is 3. The maximum absolute atomic E-state index is 12.6. The highest BCUT2D eigenvalue weighted by Crippen LogP contribution is 2.29. The Bertz CT molecular complexity index is 769. The van der Waals surface area contributed by atoms with Crippen LogP contribution in [0.4, 0.5) is 18.9 Å². The Hall–Kier alpha value is -2.27. The van der Waals surface area contributed by atoms with Gasteiger partial charge < -0.3 is 16.0 Å². The summed E-state index contributed by atoms with van der Waals surface area (Å²) < 4.78 is 37.7. The average molecular weight is 430 g/mol. The van der Waals surface area contributed by atoms with E-state index in [1.165, 1.54) is 12.1 Å².